The Balaban J connectivity index is 2.42. The van der Waals surface area contributed by atoms with Crippen LogP contribution >= 0.6 is 0 Å². The molecule has 2 rings (SSSR count). The Morgan fingerprint density at radius 3 is 2.67 bits per heavy atom. The third-order valence-corrected chi connectivity index (χ3v) is 3.00. The average Bonchev–Trinajstić information content (AvgIpc) is 2.47. The molecule has 4 nitrogen and oxygen atoms in total. The zero-order chi connectivity index (χ0) is 13.0. The lowest BCUT2D eigenvalue weighted by molar-refractivity contribution is -0.210. The summed E-state index contributed by atoms with van der Waals surface area (Å²) in [7, 11) is 2.89. The fourth-order valence-corrected chi connectivity index (χ4v) is 2.06. The predicted octanol–water partition coefficient (Wildman–Crippen LogP) is 2.00. The maximum absolute atomic E-state index is 12.1. The summed E-state index contributed by atoms with van der Waals surface area (Å²) in [5, 5.41) is 0. The summed E-state index contributed by atoms with van der Waals surface area (Å²) in [5.41, 5.74) is -0.353. The van der Waals surface area contributed by atoms with Crippen LogP contribution < -0.4 is 0 Å². The molecular formula is C14H16O4. The number of carbonyl (C=O) groups excluding carboxylic acids is 1. The van der Waals surface area contributed by atoms with E-state index in [4.69, 9.17) is 14.2 Å². The number of ether oxygens (including phenoxy) is 3. The van der Waals surface area contributed by atoms with Gasteiger partial charge in [-0.1, -0.05) is 36.4 Å². The van der Waals surface area contributed by atoms with Crippen LogP contribution in [-0.4, -0.2) is 26.5 Å². The topological polar surface area (TPSA) is 44.8 Å². The van der Waals surface area contributed by atoms with Gasteiger partial charge >= 0.3 is 5.97 Å². The van der Waals surface area contributed by atoms with E-state index < -0.39 is 17.9 Å². The van der Waals surface area contributed by atoms with Crippen molar-refractivity contribution in [1.82, 2.24) is 0 Å². The van der Waals surface area contributed by atoms with Gasteiger partial charge < -0.3 is 14.2 Å². The van der Waals surface area contributed by atoms with Gasteiger partial charge in [-0.3, -0.25) is 0 Å². The van der Waals surface area contributed by atoms with Gasteiger partial charge in [0.05, 0.1) is 7.11 Å². The van der Waals surface area contributed by atoms with Crippen molar-refractivity contribution in [2.24, 2.45) is 0 Å². The fraction of sp³-hybridized carbons (Fsp3) is 0.357. The van der Waals surface area contributed by atoms with Gasteiger partial charge in [0.1, 0.15) is 0 Å². The first-order valence-corrected chi connectivity index (χ1v) is 5.74. The lowest BCUT2D eigenvalue weighted by Crippen LogP contribution is -2.44. The highest BCUT2D eigenvalue weighted by molar-refractivity contribution is 5.81. The molecule has 0 spiro atoms. The van der Waals surface area contributed by atoms with Crippen molar-refractivity contribution in [2.45, 2.75) is 18.3 Å². The van der Waals surface area contributed by atoms with E-state index in [0.717, 1.165) is 5.56 Å². The molecule has 0 N–H and O–H groups in total. The summed E-state index contributed by atoms with van der Waals surface area (Å²) in [4.78, 5) is 12.1. The summed E-state index contributed by atoms with van der Waals surface area (Å²) in [6.07, 6.45) is 3.55. The summed E-state index contributed by atoms with van der Waals surface area (Å²) < 4.78 is 15.8. The molecule has 2 unspecified atom stereocenters. The van der Waals surface area contributed by atoms with Crippen LogP contribution in [0.2, 0.25) is 0 Å². The van der Waals surface area contributed by atoms with Crippen molar-refractivity contribution >= 4 is 5.97 Å². The molecule has 1 aromatic rings. The molecule has 2 atom stereocenters. The molecule has 0 bridgehead atoms. The zero-order valence-electron chi connectivity index (χ0n) is 10.5. The average molecular weight is 248 g/mol. The van der Waals surface area contributed by atoms with Gasteiger partial charge in [0.2, 0.25) is 0 Å². The number of hydrogen-bond acceptors (Lipinski definition) is 4. The first-order chi connectivity index (χ1) is 8.73. The Hall–Kier alpha value is -1.65. The van der Waals surface area contributed by atoms with Crippen molar-refractivity contribution < 1.29 is 19.0 Å². The van der Waals surface area contributed by atoms with Gasteiger partial charge in [-0.2, -0.15) is 0 Å². The van der Waals surface area contributed by atoms with E-state index in [1.165, 1.54) is 14.2 Å². The van der Waals surface area contributed by atoms with Crippen LogP contribution in [0.5, 0.6) is 0 Å². The van der Waals surface area contributed by atoms with Crippen molar-refractivity contribution in [3.8, 4) is 0 Å². The summed E-state index contributed by atoms with van der Waals surface area (Å²) in [5.74, 6) is -0.417. The van der Waals surface area contributed by atoms with Crippen LogP contribution in [0.1, 0.15) is 12.0 Å². The van der Waals surface area contributed by atoms with E-state index in [-0.39, 0.29) is 0 Å². The Kier molecular flexibility index (Phi) is 3.79. The van der Waals surface area contributed by atoms with Gasteiger partial charge in [-0.25, -0.2) is 4.79 Å². The summed E-state index contributed by atoms with van der Waals surface area (Å²) >= 11 is 0. The Labute approximate surface area is 106 Å². The maximum Gasteiger partial charge on any atom is 0.343 e. The van der Waals surface area contributed by atoms with Gasteiger partial charge in [-0.15, -0.1) is 0 Å². The maximum atomic E-state index is 12.1. The molecule has 1 aromatic carbocycles. The van der Waals surface area contributed by atoms with Crippen LogP contribution in [0.4, 0.5) is 0 Å². The lowest BCUT2D eigenvalue weighted by atomic mass is 9.88. The Morgan fingerprint density at radius 1 is 1.33 bits per heavy atom. The van der Waals surface area contributed by atoms with Crippen molar-refractivity contribution in [3.05, 3.63) is 48.0 Å². The molecule has 0 aromatic heterocycles. The quantitative estimate of drug-likeness (QED) is 0.606. The molecular weight excluding hydrogens is 232 g/mol. The van der Waals surface area contributed by atoms with E-state index >= 15 is 0 Å². The minimum atomic E-state index is -1.12. The molecule has 96 valence electrons. The highest BCUT2D eigenvalue weighted by Crippen LogP contribution is 2.36. The van der Waals surface area contributed by atoms with Crippen molar-refractivity contribution in [3.63, 3.8) is 0 Å². The lowest BCUT2D eigenvalue weighted by Gasteiger charge is -2.35. The van der Waals surface area contributed by atoms with Gasteiger partial charge in [-0.05, 0) is 11.6 Å². The molecule has 18 heavy (non-hydrogen) atoms. The van der Waals surface area contributed by atoms with Crippen LogP contribution in [0, 0.1) is 0 Å². The van der Waals surface area contributed by atoms with Gasteiger partial charge in [0.25, 0.3) is 0 Å². The van der Waals surface area contributed by atoms with Crippen LogP contribution in [0.15, 0.2) is 42.5 Å². The molecule has 0 saturated carbocycles. The van der Waals surface area contributed by atoms with E-state index in [2.05, 4.69) is 0 Å². The first kappa shape index (κ1) is 12.8. The minimum Gasteiger partial charge on any atom is -0.467 e. The number of hydrogen-bond donors (Lipinski definition) is 0. The van der Waals surface area contributed by atoms with Crippen molar-refractivity contribution in [2.75, 3.05) is 14.2 Å². The van der Waals surface area contributed by atoms with Gasteiger partial charge in [0, 0.05) is 13.5 Å². The Morgan fingerprint density at radius 2 is 2.06 bits per heavy atom. The van der Waals surface area contributed by atoms with Gasteiger partial charge in [0.15, 0.2) is 11.9 Å². The smallest absolute Gasteiger partial charge is 0.343 e. The monoisotopic (exact) mass is 248 g/mol. The van der Waals surface area contributed by atoms with Crippen LogP contribution in [0.25, 0.3) is 0 Å². The Bertz CT molecular complexity index is 440. The zero-order valence-corrected chi connectivity index (χ0v) is 10.5. The predicted molar refractivity (Wildman–Crippen MR) is 65.8 cm³/mol. The second-order valence-electron chi connectivity index (χ2n) is 4.04. The first-order valence-electron chi connectivity index (χ1n) is 5.74. The van der Waals surface area contributed by atoms with E-state index in [0.29, 0.717) is 6.42 Å². The fourth-order valence-electron chi connectivity index (χ4n) is 2.06. The normalized spacial score (nSPS) is 26.9. The van der Waals surface area contributed by atoms with E-state index in [1.807, 2.05) is 36.4 Å². The van der Waals surface area contributed by atoms with E-state index in [1.54, 1.807) is 6.08 Å². The molecule has 1 heterocycles. The molecule has 0 saturated heterocycles. The number of methoxy groups -OCH3 is 2. The number of rotatable bonds is 3. The van der Waals surface area contributed by atoms with Crippen molar-refractivity contribution in [1.29, 1.82) is 0 Å². The largest absolute Gasteiger partial charge is 0.467 e. The third kappa shape index (κ3) is 2.17. The summed E-state index contributed by atoms with van der Waals surface area (Å²) in [6, 6.07) is 9.32. The third-order valence-electron chi connectivity index (χ3n) is 3.00. The highest BCUT2D eigenvalue weighted by Gasteiger charge is 2.45. The molecule has 1 aliphatic heterocycles. The molecule has 0 fully saturated rings. The molecule has 1 aliphatic rings. The standard InChI is InChI=1S/C14H16O4/c1-16-12-9-6-10-14(18-12,13(15)17-2)11-7-4-3-5-8-11/h3-9,12H,10H2,1-2H3. The number of esters is 1. The number of carbonyl (C=O) groups is 1. The second-order valence-corrected chi connectivity index (χ2v) is 4.04. The number of benzene rings is 1. The van der Waals surface area contributed by atoms with E-state index in [9.17, 15) is 4.79 Å². The molecule has 0 radical (unpaired) electrons. The van der Waals surface area contributed by atoms with Crippen LogP contribution in [0.3, 0.4) is 0 Å². The molecule has 4 heteroatoms. The molecule has 0 aliphatic carbocycles. The molecule has 0 amide bonds. The minimum absolute atomic E-state index is 0.417. The SMILES string of the molecule is COC(=O)C1(c2ccccc2)CC=CC(OC)O1. The summed E-state index contributed by atoms with van der Waals surface area (Å²) in [6.45, 7) is 0. The van der Waals surface area contributed by atoms with Crippen LogP contribution in [-0.2, 0) is 24.6 Å². The highest BCUT2D eigenvalue weighted by atomic mass is 16.7. The second kappa shape index (κ2) is 5.33.